The summed E-state index contributed by atoms with van der Waals surface area (Å²) in [5.41, 5.74) is 2.12. The van der Waals surface area contributed by atoms with Crippen LogP contribution in [-0.2, 0) is 13.1 Å². The molecule has 1 N–H and O–H groups in total. The summed E-state index contributed by atoms with van der Waals surface area (Å²) in [6.07, 6.45) is 3.55. The molecule has 0 spiro atoms. The first-order chi connectivity index (χ1) is 9.28. The molecule has 4 heteroatoms. The molecule has 100 valence electrons. The fraction of sp³-hybridized carbons (Fsp3) is 0.267. The van der Waals surface area contributed by atoms with Crippen molar-refractivity contribution in [3.63, 3.8) is 0 Å². The molecular weight excluding hydrogens is 243 g/mol. The third-order valence-corrected chi connectivity index (χ3v) is 2.86. The van der Waals surface area contributed by atoms with Gasteiger partial charge >= 0.3 is 0 Å². The van der Waals surface area contributed by atoms with Gasteiger partial charge in [-0.3, -0.25) is 9.88 Å². The van der Waals surface area contributed by atoms with Gasteiger partial charge in [0.25, 0.3) is 0 Å². The summed E-state index contributed by atoms with van der Waals surface area (Å²) in [7, 11) is 0. The summed E-state index contributed by atoms with van der Waals surface area (Å²) in [6, 6.07) is 10.3. The lowest BCUT2D eigenvalue weighted by atomic mass is 10.2. The van der Waals surface area contributed by atoms with Crippen LogP contribution in [0.3, 0.4) is 0 Å². The molecule has 1 aromatic heterocycles. The number of benzene rings is 1. The highest BCUT2D eigenvalue weighted by molar-refractivity contribution is 5.16. The van der Waals surface area contributed by atoms with E-state index in [9.17, 15) is 4.39 Å². The van der Waals surface area contributed by atoms with Gasteiger partial charge in [-0.05, 0) is 29.3 Å². The lowest BCUT2D eigenvalue weighted by Gasteiger charge is -2.21. The second-order valence-electron chi connectivity index (χ2n) is 4.42. The van der Waals surface area contributed by atoms with Crippen molar-refractivity contribution in [1.82, 2.24) is 9.88 Å². The van der Waals surface area contributed by atoms with E-state index in [4.69, 9.17) is 5.11 Å². The van der Waals surface area contributed by atoms with E-state index < -0.39 is 0 Å². The SMILES string of the molecule is OCCN(Cc1ccc(F)cc1)Cc1cccnc1. The van der Waals surface area contributed by atoms with E-state index in [0.717, 1.165) is 11.1 Å². The predicted molar refractivity (Wildman–Crippen MR) is 71.8 cm³/mol. The number of aromatic nitrogens is 1. The van der Waals surface area contributed by atoms with Crippen LogP contribution in [0, 0.1) is 5.82 Å². The Morgan fingerprint density at radius 3 is 2.42 bits per heavy atom. The van der Waals surface area contributed by atoms with Gasteiger partial charge in [-0.2, -0.15) is 0 Å². The minimum absolute atomic E-state index is 0.0987. The molecule has 0 bridgehead atoms. The van der Waals surface area contributed by atoms with Gasteiger partial charge in [0, 0.05) is 32.0 Å². The zero-order valence-electron chi connectivity index (χ0n) is 10.7. The average molecular weight is 260 g/mol. The second-order valence-corrected chi connectivity index (χ2v) is 4.42. The lowest BCUT2D eigenvalue weighted by molar-refractivity contribution is 0.184. The van der Waals surface area contributed by atoms with Gasteiger partial charge in [-0.1, -0.05) is 18.2 Å². The molecule has 0 saturated carbocycles. The molecule has 0 aliphatic carbocycles. The standard InChI is InChI=1S/C15H17FN2O/c16-15-5-3-13(4-6-15)11-18(8-9-19)12-14-2-1-7-17-10-14/h1-7,10,19H,8-9,11-12H2. The Bertz CT molecular complexity index is 487. The maximum Gasteiger partial charge on any atom is 0.123 e. The molecule has 0 atom stereocenters. The van der Waals surface area contributed by atoms with Crippen LogP contribution in [0.5, 0.6) is 0 Å². The molecule has 3 nitrogen and oxygen atoms in total. The lowest BCUT2D eigenvalue weighted by Crippen LogP contribution is -2.26. The number of pyridine rings is 1. The van der Waals surface area contributed by atoms with Crippen molar-refractivity contribution in [3.8, 4) is 0 Å². The van der Waals surface area contributed by atoms with Crippen LogP contribution in [-0.4, -0.2) is 28.1 Å². The molecule has 0 aliphatic heterocycles. The molecule has 2 aromatic rings. The monoisotopic (exact) mass is 260 g/mol. The zero-order chi connectivity index (χ0) is 13.5. The summed E-state index contributed by atoms with van der Waals surface area (Å²) in [5.74, 6) is -0.232. The minimum atomic E-state index is -0.232. The van der Waals surface area contributed by atoms with Crippen molar-refractivity contribution in [2.24, 2.45) is 0 Å². The number of aliphatic hydroxyl groups is 1. The summed E-state index contributed by atoms with van der Waals surface area (Å²) in [4.78, 5) is 6.18. The fourth-order valence-electron chi connectivity index (χ4n) is 1.95. The van der Waals surface area contributed by atoms with Gasteiger partial charge in [-0.25, -0.2) is 4.39 Å². The Balaban J connectivity index is 2.01. The predicted octanol–water partition coefficient (Wildman–Crippen LogP) is 2.22. The van der Waals surface area contributed by atoms with Crippen LogP contribution in [0.2, 0.25) is 0 Å². The third kappa shape index (κ3) is 4.43. The third-order valence-electron chi connectivity index (χ3n) is 2.86. The topological polar surface area (TPSA) is 36.4 Å². The zero-order valence-corrected chi connectivity index (χ0v) is 10.7. The summed E-state index contributed by atoms with van der Waals surface area (Å²) >= 11 is 0. The highest BCUT2D eigenvalue weighted by atomic mass is 19.1. The van der Waals surface area contributed by atoms with Crippen LogP contribution in [0.15, 0.2) is 48.8 Å². The summed E-state index contributed by atoms with van der Waals surface area (Å²) in [6.45, 7) is 2.06. The van der Waals surface area contributed by atoms with E-state index >= 15 is 0 Å². The Morgan fingerprint density at radius 2 is 1.79 bits per heavy atom. The van der Waals surface area contributed by atoms with E-state index in [2.05, 4.69) is 9.88 Å². The first-order valence-electron chi connectivity index (χ1n) is 6.24. The van der Waals surface area contributed by atoms with E-state index in [1.54, 1.807) is 18.3 Å². The Morgan fingerprint density at radius 1 is 1.05 bits per heavy atom. The number of aliphatic hydroxyl groups excluding tert-OH is 1. The molecule has 19 heavy (non-hydrogen) atoms. The fourth-order valence-corrected chi connectivity index (χ4v) is 1.95. The molecule has 0 amide bonds. The number of rotatable bonds is 6. The first kappa shape index (κ1) is 13.6. The van der Waals surface area contributed by atoms with Crippen LogP contribution in [0.1, 0.15) is 11.1 Å². The van der Waals surface area contributed by atoms with Crippen LogP contribution >= 0.6 is 0 Å². The molecule has 1 heterocycles. The van der Waals surface area contributed by atoms with Gasteiger partial charge in [-0.15, -0.1) is 0 Å². The quantitative estimate of drug-likeness (QED) is 0.865. The van der Waals surface area contributed by atoms with Crippen LogP contribution in [0.25, 0.3) is 0 Å². The number of nitrogens with zero attached hydrogens (tertiary/aromatic N) is 2. The molecular formula is C15H17FN2O. The van der Waals surface area contributed by atoms with Crippen molar-refractivity contribution in [2.45, 2.75) is 13.1 Å². The summed E-state index contributed by atoms with van der Waals surface area (Å²) < 4.78 is 12.9. The van der Waals surface area contributed by atoms with E-state index in [1.165, 1.54) is 12.1 Å². The van der Waals surface area contributed by atoms with Crippen molar-refractivity contribution in [3.05, 3.63) is 65.7 Å². The number of hydrogen-bond donors (Lipinski definition) is 1. The molecule has 0 unspecified atom stereocenters. The highest BCUT2D eigenvalue weighted by Crippen LogP contribution is 2.10. The largest absolute Gasteiger partial charge is 0.395 e. The maximum atomic E-state index is 12.9. The van der Waals surface area contributed by atoms with Gasteiger partial charge < -0.3 is 5.11 Å². The van der Waals surface area contributed by atoms with E-state index in [0.29, 0.717) is 19.6 Å². The minimum Gasteiger partial charge on any atom is -0.395 e. The molecule has 0 saturated heterocycles. The molecule has 0 aliphatic rings. The van der Waals surface area contributed by atoms with Gasteiger partial charge in [0.1, 0.15) is 5.82 Å². The normalized spacial score (nSPS) is 10.9. The van der Waals surface area contributed by atoms with Crippen LogP contribution in [0.4, 0.5) is 4.39 Å². The number of hydrogen-bond acceptors (Lipinski definition) is 3. The van der Waals surface area contributed by atoms with Crippen molar-refractivity contribution < 1.29 is 9.50 Å². The van der Waals surface area contributed by atoms with Gasteiger partial charge in [0.05, 0.1) is 6.61 Å². The Labute approximate surface area is 112 Å². The first-order valence-corrected chi connectivity index (χ1v) is 6.24. The second kappa shape index (κ2) is 6.97. The van der Waals surface area contributed by atoms with Gasteiger partial charge in [0.15, 0.2) is 0 Å². The number of halogens is 1. The maximum absolute atomic E-state index is 12.9. The van der Waals surface area contributed by atoms with Crippen LogP contribution < -0.4 is 0 Å². The van der Waals surface area contributed by atoms with E-state index in [-0.39, 0.29) is 12.4 Å². The molecule has 2 rings (SSSR count). The van der Waals surface area contributed by atoms with E-state index in [1.807, 2.05) is 18.3 Å². The van der Waals surface area contributed by atoms with Crippen molar-refractivity contribution in [1.29, 1.82) is 0 Å². The Hall–Kier alpha value is -1.78. The highest BCUT2D eigenvalue weighted by Gasteiger charge is 2.07. The molecule has 0 fully saturated rings. The van der Waals surface area contributed by atoms with Gasteiger partial charge in [0.2, 0.25) is 0 Å². The average Bonchev–Trinajstić information content (AvgIpc) is 2.43. The van der Waals surface area contributed by atoms with Crippen molar-refractivity contribution >= 4 is 0 Å². The smallest absolute Gasteiger partial charge is 0.123 e. The molecule has 0 radical (unpaired) electrons. The summed E-state index contributed by atoms with van der Waals surface area (Å²) in [5, 5.41) is 9.12. The molecule has 1 aromatic carbocycles. The Kier molecular flexibility index (Phi) is 5.01. The van der Waals surface area contributed by atoms with Crippen molar-refractivity contribution in [2.75, 3.05) is 13.2 Å².